The van der Waals surface area contributed by atoms with Crippen LogP contribution in [-0.4, -0.2) is 113 Å². The van der Waals surface area contributed by atoms with E-state index in [1.165, 1.54) is 0 Å². The molecule has 14 heteroatoms. The number of ether oxygens (including phenoxy) is 2. The summed E-state index contributed by atoms with van der Waals surface area (Å²) >= 11 is 0. The summed E-state index contributed by atoms with van der Waals surface area (Å²) in [5.74, 6) is -0.0783. The van der Waals surface area contributed by atoms with Gasteiger partial charge in [-0.25, -0.2) is 0 Å². The minimum Gasteiger partial charge on any atom is -0.462 e. The summed E-state index contributed by atoms with van der Waals surface area (Å²) in [5.41, 5.74) is -0.248. The quantitative estimate of drug-likeness (QED) is 0.0693. The molecule has 184 valence electrons. The first-order valence-electron chi connectivity index (χ1n) is 9.58. The fraction of sp³-hybridized carbons (Fsp3) is 0.667. The molecule has 9 N–H and O–H groups in total. The molecule has 1 aromatic carbocycles. The summed E-state index contributed by atoms with van der Waals surface area (Å²) in [6.45, 7) is -1.11. The molecule has 0 heterocycles. The summed E-state index contributed by atoms with van der Waals surface area (Å²) in [7, 11) is 0. The van der Waals surface area contributed by atoms with Crippen LogP contribution < -0.4 is 4.74 Å². The molecule has 8 atom stereocenters. The number of hydrogen-bond acceptors (Lipinski definition) is 13. The maximum absolute atomic E-state index is 10.6. The molecule has 0 saturated carbocycles. The van der Waals surface area contributed by atoms with Crippen LogP contribution in [0.25, 0.3) is 0 Å². The van der Waals surface area contributed by atoms with Crippen LogP contribution in [0, 0.1) is 10.1 Å². The molecule has 0 bridgehead atoms. The monoisotopic (exact) mass is 467 g/mol. The van der Waals surface area contributed by atoms with Crippen LogP contribution in [0.1, 0.15) is 12.8 Å². The highest BCUT2D eigenvalue weighted by atomic mass is 16.6. The maximum atomic E-state index is 10.6. The number of non-ortho nitro benzene ring substituents is 1. The first-order chi connectivity index (χ1) is 15.0. The summed E-state index contributed by atoms with van der Waals surface area (Å²) in [5, 5.41) is 98.2. The smallest absolute Gasteiger partial charge is 0.269 e. The van der Waals surface area contributed by atoms with E-state index in [1.807, 2.05) is 0 Å². The summed E-state index contributed by atoms with van der Waals surface area (Å²) in [6.07, 6.45) is -16.2. The van der Waals surface area contributed by atoms with E-state index >= 15 is 0 Å². The van der Waals surface area contributed by atoms with Crippen LogP contribution in [0.15, 0.2) is 24.3 Å². The number of aliphatic hydroxyl groups excluding tert-OH is 9. The normalized spacial score (nSPS) is 19.3. The minimum atomic E-state index is -2.19. The number of rotatable bonds is 15. The van der Waals surface area contributed by atoms with E-state index in [4.69, 9.17) is 19.7 Å². The Morgan fingerprint density at radius 2 is 1.31 bits per heavy atom. The Morgan fingerprint density at radius 1 is 0.781 bits per heavy atom. The predicted molar refractivity (Wildman–Crippen MR) is 104 cm³/mol. The Balaban J connectivity index is 2.78. The molecule has 0 aromatic heterocycles. The Morgan fingerprint density at radius 3 is 1.81 bits per heavy atom. The van der Waals surface area contributed by atoms with Crippen molar-refractivity contribution in [2.24, 2.45) is 0 Å². The Bertz CT molecular complexity index is 675. The highest BCUT2D eigenvalue weighted by molar-refractivity contribution is 5.36. The lowest BCUT2D eigenvalue weighted by molar-refractivity contribution is -0.384. The zero-order valence-electron chi connectivity index (χ0n) is 16.9. The number of nitro groups is 1. The first kappa shape index (κ1) is 28.1. The van der Waals surface area contributed by atoms with Crippen LogP contribution in [0.2, 0.25) is 0 Å². The second-order valence-corrected chi connectivity index (χ2v) is 6.88. The van der Waals surface area contributed by atoms with Crippen molar-refractivity contribution in [3.63, 3.8) is 0 Å². The van der Waals surface area contributed by atoms with Gasteiger partial charge in [-0.05, 0) is 25.0 Å². The van der Waals surface area contributed by atoms with Gasteiger partial charge in [0.1, 0.15) is 30.2 Å². The molecule has 0 radical (unpaired) electrons. The van der Waals surface area contributed by atoms with Gasteiger partial charge in [0.2, 0.25) is 6.29 Å². The molecule has 1 rings (SSSR count). The number of nitro benzene ring substituents is 1. The van der Waals surface area contributed by atoms with Crippen molar-refractivity contribution >= 4 is 5.69 Å². The molecular weight excluding hydrogens is 438 g/mol. The molecule has 0 aliphatic carbocycles. The molecule has 14 nitrogen and oxygen atoms in total. The molecule has 32 heavy (non-hydrogen) atoms. The third-order valence-corrected chi connectivity index (χ3v) is 4.52. The highest BCUT2D eigenvalue weighted by Gasteiger charge is 2.37. The molecule has 0 fully saturated rings. The topological polar surface area (TPSA) is 244 Å². The molecule has 2 unspecified atom stereocenters. The van der Waals surface area contributed by atoms with Crippen molar-refractivity contribution in [1.82, 2.24) is 0 Å². The lowest BCUT2D eigenvalue weighted by atomic mass is 10.0. The van der Waals surface area contributed by atoms with E-state index in [2.05, 4.69) is 0 Å². The van der Waals surface area contributed by atoms with E-state index in [0.717, 1.165) is 24.3 Å². The fourth-order valence-corrected chi connectivity index (χ4v) is 2.65. The van der Waals surface area contributed by atoms with Gasteiger partial charge in [0.05, 0.1) is 17.1 Å². The van der Waals surface area contributed by atoms with Gasteiger partial charge < -0.3 is 55.4 Å². The molecule has 0 aliphatic rings. The van der Waals surface area contributed by atoms with Gasteiger partial charge in [-0.15, -0.1) is 0 Å². The van der Waals surface area contributed by atoms with Gasteiger partial charge in [-0.2, -0.15) is 0 Å². The van der Waals surface area contributed by atoms with Crippen molar-refractivity contribution in [3.05, 3.63) is 34.4 Å². The van der Waals surface area contributed by atoms with Crippen molar-refractivity contribution in [1.29, 1.82) is 0 Å². The number of hydrogen-bond donors (Lipinski definition) is 9. The van der Waals surface area contributed by atoms with Gasteiger partial charge in [0.15, 0.2) is 6.29 Å². The van der Waals surface area contributed by atoms with Crippen LogP contribution in [0.4, 0.5) is 5.69 Å². The second-order valence-electron chi connectivity index (χ2n) is 6.88. The van der Waals surface area contributed by atoms with Crippen LogP contribution in [0.5, 0.6) is 5.75 Å². The molecule has 1 aromatic rings. The van der Waals surface area contributed by atoms with Crippen molar-refractivity contribution in [3.8, 4) is 5.75 Å². The van der Waals surface area contributed by atoms with Crippen LogP contribution in [-0.2, 0) is 4.74 Å². The summed E-state index contributed by atoms with van der Waals surface area (Å²) < 4.78 is 9.99. The SMILES string of the molecule is O=[N+]([O-])c1ccc(O[C@H](O)[C@@H](O)C(O)[C@@H](CCO)O[C@H](O)[C@@H](O)C(O)[C@@H](O)CCO)cc1. The standard InChI is InChI=1S/C18H29NO13/c20-7-5-11(22)13(23)15(25)18(28)32-12(6-8-21)14(24)16(26)17(27)31-10-3-1-9(2-4-10)19(29)30/h1-4,11-18,20-28H,5-8H2/t11-,12+,13?,14?,15-,16-,17-,18-/m0/s1. The average Bonchev–Trinajstić information content (AvgIpc) is 2.77. The Kier molecular flexibility index (Phi) is 11.9. The van der Waals surface area contributed by atoms with E-state index in [0.29, 0.717) is 0 Å². The molecule has 0 amide bonds. The number of benzene rings is 1. The first-order valence-corrected chi connectivity index (χ1v) is 9.58. The van der Waals surface area contributed by atoms with Gasteiger partial charge >= 0.3 is 0 Å². The van der Waals surface area contributed by atoms with E-state index in [1.54, 1.807) is 0 Å². The third-order valence-electron chi connectivity index (χ3n) is 4.52. The van der Waals surface area contributed by atoms with Crippen LogP contribution in [0.3, 0.4) is 0 Å². The van der Waals surface area contributed by atoms with Gasteiger partial charge in [0.25, 0.3) is 5.69 Å². The molecule has 0 aliphatic heterocycles. The average molecular weight is 467 g/mol. The van der Waals surface area contributed by atoms with Crippen molar-refractivity contribution in [2.75, 3.05) is 13.2 Å². The minimum absolute atomic E-state index is 0.0783. The van der Waals surface area contributed by atoms with Gasteiger partial charge in [-0.3, -0.25) is 10.1 Å². The molecular formula is C18H29NO13. The maximum Gasteiger partial charge on any atom is 0.269 e. The zero-order valence-corrected chi connectivity index (χ0v) is 16.9. The zero-order chi connectivity index (χ0) is 24.4. The fourth-order valence-electron chi connectivity index (χ4n) is 2.65. The Labute approximate surface area is 182 Å². The van der Waals surface area contributed by atoms with E-state index in [-0.39, 0.29) is 24.3 Å². The van der Waals surface area contributed by atoms with Gasteiger partial charge in [0, 0.05) is 25.3 Å². The molecule has 0 spiro atoms. The van der Waals surface area contributed by atoms with Gasteiger partial charge in [-0.1, -0.05) is 0 Å². The number of aliphatic hydroxyl groups is 9. The van der Waals surface area contributed by atoms with Crippen LogP contribution >= 0.6 is 0 Å². The largest absolute Gasteiger partial charge is 0.462 e. The second kappa shape index (κ2) is 13.5. The number of nitrogens with zero attached hydrogens (tertiary/aromatic N) is 1. The summed E-state index contributed by atoms with van der Waals surface area (Å²) in [6, 6.07) is 4.44. The van der Waals surface area contributed by atoms with E-state index < -0.39 is 67.3 Å². The lowest BCUT2D eigenvalue weighted by Crippen LogP contribution is -2.52. The van der Waals surface area contributed by atoms with E-state index in [9.17, 15) is 45.9 Å². The molecule has 0 saturated heterocycles. The predicted octanol–water partition coefficient (Wildman–Crippen LogP) is -3.44. The van der Waals surface area contributed by atoms with Crippen molar-refractivity contribution in [2.45, 2.75) is 62.0 Å². The Hall–Kier alpha value is -1.98. The summed E-state index contributed by atoms with van der Waals surface area (Å²) in [4.78, 5) is 9.99. The van der Waals surface area contributed by atoms with Crippen molar-refractivity contribution < 1.29 is 60.4 Å². The highest BCUT2D eigenvalue weighted by Crippen LogP contribution is 2.21. The third kappa shape index (κ3) is 8.18. The lowest BCUT2D eigenvalue weighted by Gasteiger charge is -2.33.